The number of benzene rings is 2. The second kappa shape index (κ2) is 7.23. The number of esters is 1. The molecule has 6 nitrogen and oxygen atoms in total. The van der Waals surface area contributed by atoms with Gasteiger partial charge in [0.25, 0.3) is 0 Å². The molecule has 0 aliphatic carbocycles. The minimum atomic E-state index is -0.781. The largest absolute Gasteiger partial charge is 0.497 e. The maximum atomic E-state index is 12.7. The fraction of sp³-hybridized carbons (Fsp3) is 0.150. The van der Waals surface area contributed by atoms with Gasteiger partial charge in [-0.1, -0.05) is 19.1 Å². The molecule has 0 aromatic heterocycles. The predicted octanol–water partition coefficient (Wildman–Crippen LogP) is 3.12. The number of amides is 1. The van der Waals surface area contributed by atoms with Gasteiger partial charge in [0.2, 0.25) is 11.7 Å². The fourth-order valence-corrected chi connectivity index (χ4v) is 2.58. The fourth-order valence-electron chi connectivity index (χ4n) is 2.58. The Labute approximate surface area is 150 Å². The Balaban J connectivity index is 2.03. The van der Waals surface area contributed by atoms with Crippen LogP contribution in [0.5, 0.6) is 11.5 Å². The Morgan fingerprint density at radius 3 is 2.46 bits per heavy atom. The number of hydrogen-bond acceptors (Lipinski definition) is 5. The number of carbonyl (C=O) groups excluding carboxylic acids is 3. The number of rotatable bonds is 4. The first-order valence-corrected chi connectivity index (χ1v) is 8.09. The number of Topliss-reactive ketones (excluding diaryl/α,β-unsaturated/α-hetero) is 1. The van der Waals surface area contributed by atoms with E-state index in [4.69, 9.17) is 9.47 Å². The third kappa shape index (κ3) is 3.21. The molecule has 2 aromatic carbocycles. The van der Waals surface area contributed by atoms with Crippen LogP contribution in [-0.2, 0) is 9.59 Å². The zero-order valence-electron chi connectivity index (χ0n) is 14.4. The van der Waals surface area contributed by atoms with Gasteiger partial charge in [-0.25, -0.2) is 4.79 Å². The van der Waals surface area contributed by atoms with Crippen LogP contribution in [0, 0.1) is 0 Å². The topological polar surface area (TPSA) is 72.9 Å². The molecule has 0 spiro atoms. The van der Waals surface area contributed by atoms with E-state index in [9.17, 15) is 14.4 Å². The smallest absolute Gasteiger partial charge is 0.349 e. The number of ketones is 1. The Bertz CT molecular complexity index is 899. The first-order valence-electron chi connectivity index (χ1n) is 8.09. The summed E-state index contributed by atoms with van der Waals surface area (Å²) in [5, 5.41) is 0. The highest BCUT2D eigenvalue weighted by Crippen LogP contribution is 2.29. The van der Waals surface area contributed by atoms with Crippen molar-refractivity contribution in [2.75, 3.05) is 12.0 Å². The van der Waals surface area contributed by atoms with Crippen molar-refractivity contribution in [3.05, 3.63) is 65.9 Å². The summed E-state index contributed by atoms with van der Waals surface area (Å²) in [4.78, 5) is 38.6. The molecule has 0 unspecified atom stereocenters. The molecule has 0 atom stereocenters. The number of anilines is 1. The molecule has 1 aliphatic heterocycles. The van der Waals surface area contributed by atoms with Crippen LogP contribution in [0.15, 0.2) is 60.3 Å². The molecule has 0 bridgehead atoms. The van der Waals surface area contributed by atoms with Gasteiger partial charge in [0.1, 0.15) is 17.1 Å². The van der Waals surface area contributed by atoms with Crippen LogP contribution in [0.4, 0.5) is 5.69 Å². The molecule has 0 radical (unpaired) electrons. The molecular weight excluding hydrogens is 334 g/mol. The highest BCUT2D eigenvalue weighted by molar-refractivity contribution is 6.28. The normalized spacial score (nSPS) is 14.6. The van der Waals surface area contributed by atoms with Gasteiger partial charge in [-0.2, -0.15) is 0 Å². The molecule has 26 heavy (non-hydrogen) atoms. The van der Waals surface area contributed by atoms with Crippen molar-refractivity contribution in [2.24, 2.45) is 0 Å². The van der Waals surface area contributed by atoms with Crippen LogP contribution >= 0.6 is 0 Å². The predicted molar refractivity (Wildman–Crippen MR) is 95.3 cm³/mol. The number of fused-ring (bicyclic) bond motifs is 1. The van der Waals surface area contributed by atoms with E-state index in [1.54, 1.807) is 62.6 Å². The van der Waals surface area contributed by atoms with Crippen molar-refractivity contribution in [2.45, 2.75) is 13.3 Å². The van der Waals surface area contributed by atoms with Crippen molar-refractivity contribution in [3.63, 3.8) is 0 Å². The van der Waals surface area contributed by atoms with Gasteiger partial charge in [-0.05, 0) is 36.4 Å². The zero-order valence-corrected chi connectivity index (χ0v) is 14.4. The summed E-state index contributed by atoms with van der Waals surface area (Å²) in [6.07, 6.45) is 1.45. The number of methoxy groups -OCH3 is 1. The summed E-state index contributed by atoms with van der Waals surface area (Å²) in [6, 6.07) is 13.2. The summed E-state index contributed by atoms with van der Waals surface area (Å²) in [5.74, 6) is -0.664. The van der Waals surface area contributed by atoms with Crippen LogP contribution in [0.1, 0.15) is 23.7 Å². The van der Waals surface area contributed by atoms with Crippen molar-refractivity contribution in [1.82, 2.24) is 0 Å². The average molecular weight is 351 g/mol. The van der Waals surface area contributed by atoms with E-state index < -0.39 is 11.8 Å². The summed E-state index contributed by atoms with van der Waals surface area (Å²) in [6.45, 7) is 1.70. The molecule has 0 N–H and O–H groups in total. The molecule has 1 aliphatic rings. The van der Waals surface area contributed by atoms with Gasteiger partial charge in [0, 0.05) is 18.3 Å². The minimum Gasteiger partial charge on any atom is -0.497 e. The second-order valence-corrected chi connectivity index (χ2v) is 5.57. The van der Waals surface area contributed by atoms with Crippen LogP contribution in [0.25, 0.3) is 0 Å². The van der Waals surface area contributed by atoms with Gasteiger partial charge in [-0.15, -0.1) is 0 Å². The Hall–Kier alpha value is -3.41. The summed E-state index contributed by atoms with van der Waals surface area (Å²) in [7, 11) is 1.54. The lowest BCUT2D eigenvalue weighted by molar-refractivity contribution is -0.130. The molecule has 132 valence electrons. The number of nitrogens with zero attached hydrogens (tertiary/aromatic N) is 1. The van der Waals surface area contributed by atoms with E-state index in [0.29, 0.717) is 11.4 Å². The van der Waals surface area contributed by atoms with E-state index in [0.717, 1.165) is 0 Å². The van der Waals surface area contributed by atoms with Crippen LogP contribution in [0.2, 0.25) is 0 Å². The van der Waals surface area contributed by atoms with Gasteiger partial charge in [0.15, 0.2) is 0 Å². The Morgan fingerprint density at radius 2 is 1.81 bits per heavy atom. The standard InChI is InChI=1S/C20H17NO5/c1-3-18(22)21(13-8-10-14(25-2)11-9-13)12-16-19(23)15-6-4-5-7-17(15)26-20(16)24/h4-12H,3H2,1-2H3. The van der Waals surface area contributed by atoms with Gasteiger partial charge < -0.3 is 9.47 Å². The lowest BCUT2D eigenvalue weighted by atomic mass is 10.0. The highest BCUT2D eigenvalue weighted by Gasteiger charge is 2.32. The zero-order chi connectivity index (χ0) is 18.7. The molecule has 0 fully saturated rings. The Kier molecular flexibility index (Phi) is 4.84. The van der Waals surface area contributed by atoms with Crippen molar-refractivity contribution in [1.29, 1.82) is 0 Å². The monoisotopic (exact) mass is 351 g/mol. The minimum absolute atomic E-state index is 0.193. The van der Waals surface area contributed by atoms with Crippen LogP contribution in [-0.4, -0.2) is 24.8 Å². The van der Waals surface area contributed by atoms with Crippen molar-refractivity contribution >= 4 is 23.3 Å². The Morgan fingerprint density at radius 1 is 1.12 bits per heavy atom. The number of para-hydroxylation sites is 1. The number of hydrogen-bond donors (Lipinski definition) is 0. The van der Waals surface area contributed by atoms with Crippen LogP contribution in [0.3, 0.4) is 0 Å². The third-order valence-corrected chi connectivity index (χ3v) is 3.98. The van der Waals surface area contributed by atoms with Crippen LogP contribution < -0.4 is 14.4 Å². The second-order valence-electron chi connectivity index (χ2n) is 5.57. The molecule has 0 saturated carbocycles. The lowest BCUT2D eigenvalue weighted by Gasteiger charge is -2.22. The van der Waals surface area contributed by atoms with Gasteiger partial charge in [0.05, 0.1) is 12.7 Å². The molecule has 0 saturated heterocycles. The SMILES string of the molecule is CCC(=O)N(C=C1C(=O)Oc2ccccc2C1=O)c1ccc(OC)cc1. The molecule has 1 heterocycles. The van der Waals surface area contributed by atoms with E-state index in [-0.39, 0.29) is 29.2 Å². The molecule has 6 heteroatoms. The first-order chi connectivity index (χ1) is 12.5. The summed E-state index contributed by atoms with van der Waals surface area (Å²) in [5.41, 5.74) is 0.614. The van der Waals surface area contributed by atoms with Gasteiger partial charge >= 0.3 is 5.97 Å². The van der Waals surface area contributed by atoms with E-state index >= 15 is 0 Å². The van der Waals surface area contributed by atoms with Gasteiger partial charge in [-0.3, -0.25) is 14.5 Å². The summed E-state index contributed by atoms with van der Waals surface area (Å²) < 4.78 is 10.3. The lowest BCUT2D eigenvalue weighted by Crippen LogP contribution is -2.31. The average Bonchev–Trinajstić information content (AvgIpc) is 2.67. The van der Waals surface area contributed by atoms with Crippen molar-refractivity contribution < 1.29 is 23.9 Å². The molecule has 1 amide bonds. The van der Waals surface area contributed by atoms with E-state index in [2.05, 4.69) is 0 Å². The van der Waals surface area contributed by atoms with E-state index in [1.807, 2.05) is 0 Å². The maximum Gasteiger partial charge on any atom is 0.349 e. The molecule has 2 aromatic rings. The highest BCUT2D eigenvalue weighted by atomic mass is 16.5. The maximum absolute atomic E-state index is 12.7. The molecular formula is C20H17NO5. The third-order valence-electron chi connectivity index (χ3n) is 3.98. The number of ether oxygens (including phenoxy) is 2. The summed E-state index contributed by atoms with van der Waals surface area (Å²) >= 11 is 0. The molecule has 3 rings (SSSR count). The van der Waals surface area contributed by atoms with Crippen molar-refractivity contribution in [3.8, 4) is 11.5 Å². The quantitative estimate of drug-likeness (QED) is 0.366. The first kappa shape index (κ1) is 17.4. The number of carbonyl (C=O) groups is 3. The van der Waals surface area contributed by atoms with E-state index in [1.165, 1.54) is 11.1 Å².